The lowest BCUT2D eigenvalue weighted by Crippen LogP contribution is -2.03. The summed E-state index contributed by atoms with van der Waals surface area (Å²) in [5.41, 5.74) is 10.2. The number of hydrogen-bond donors (Lipinski definition) is 0. The molecule has 43 heavy (non-hydrogen) atoms. The van der Waals surface area contributed by atoms with Gasteiger partial charge in [0.05, 0.1) is 22.2 Å². The van der Waals surface area contributed by atoms with Gasteiger partial charge in [0.15, 0.2) is 0 Å². The third-order valence-electron chi connectivity index (χ3n) is 9.12. The zero-order valence-electron chi connectivity index (χ0n) is 23.1. The first-order chi connectivity index (χ1) is 21.3. The summed E-state index contributed by atoms with van der Waals surface area (Å²) in [6.07, 6.45) is 0. The van der Waals surface area contributed by atoms with Gasteiger partial charge < -0.3 is 0 Å². The smallest absolute Gasteiger partial charge is 0.235 e. The summed E-state index contributed by atoms with van der Waals surface area (Å²) >= 11 is 0. The van der Waals surface area contributed by atoms with Crippen LogP contribution in [0.2, 0.25) is 0 Å². The zero-order valence-corrected chi connectivity index (χ0v) is 23.1. The minimum absolute atomic E-state index is 0.684. The van der Waals surface area contributed by atoms with Gasteiger partial charge in [0.1, 0.15) is 0 Å². The van der Waals surface area contributed by atoms with E-state index in [2.05, 4.69) is 144 Å². The van der Waals surface area contributed by atoms with Crippen molar-refractivity contribution in [2.75, 3.05) is 0 Å². The Balaban J connectivity index is 1.34. The highest BCUT2D eigenvalue weighted by Gasteiger charge is 2.25. The van der Waals surface area contributed by atoms with Crippen molar-refractivity contribution in [1.29, 1.82) is 0 Å². The molecule has 0 spiro atoms. The Bertz CT molecular complexity index is 2530. The van der Waals surface area contributed by atoms with Crippen molar-refractivity contribution in [1.82, 2.24) is 14.5 Å². The van der Waals surface area contributed by atoms with Crippen LogP contribution in [-0.4, -0.2) is 14.5 Å². The number of benzene rings is 7. The predicted molar refractivity (Wildman–Crippen MR) is 179 cm³/mol. The molecule has 9 aromatic rings. The molecule has 10 rings (SSSR count). The standard InChI is InChI=1S/C40H23N3/c1-2-10-26-23-27(22-21-24(26)9-1)39-32-13-3-4-18-33(32)41-40(42-39)43-34-19-7-16-30-28-14-5-11-25-12-6-15-29(36(25)28)31-17-8-20-35(43)38(31)37(30)34/h1-23H. The summed E-state index contributed by atoms with van der Waals surface area (Å²) < 4.78 is 2.27. The Hall–Kier alpha value is -5.80. The van der Waals surface area contributed by atoms with E-state index in [1.165, 1.54) is 54.6 Å². The largest absolute Gasteiger partial charge is 0.278 e. The van der Waals surface area contributed by atoms with Crippen molar-refractivity contribution in [3.8, 4) is 39.5 Å². The van der Waals surface area contributed by atoms with E-state index in [1.807, 2.05) is 0 Å². The van der Waals surface area contributed by atoms with Crippen molar-refractivity contribution in [3.63, 3.8) is 0 Å². The molecule has 3 nitrogen and oxygen atoms in total. The second-order valence-electron chi connectivity index (χ2n) is 11.4. The number of nitrogens with zero attached hydrogens (tertiary/aromatic N) is 3. The van der Waals surface area contributed by atoms with Gasteiger partial charge in [0.2, 0.25) is 5.95 Å². The molecule has 0 amide bonds. The molecule has 3 heteroatoms. The van der Waals surface area contributed by atoms with E-state index in [9.17, 15) is 0 Å². The van der Waals surface area contributed by atoms with Gasteiger partial charge >= 0.3 is 0 Å². The molecule has 7 aromatic carbocycles. The number of fused-ring (bicyclic) bond motifs is 4. The fourth-order valence-corrected chi connectivity index (χ4v) is 7.28. The highest BCUT2D eigenvalue weighted by atomic mass is 15.2. The fourth-order valence-electron chi connectivity index (χ4n) is 7.28. The summed E-state index contributed by atoms with van der Waals surface area (Å²) in [6, 6.07) is 50.1. The first-order valence-corrected chi connectivity index (χ1v) is 14.7. The van der Waals surface area contributed by atoms with Crippen LogP contribution in [0.25, 0.3) is 93.7 Å². The van der Waals surface area contributed by atoms with Gasteiger partial charge in [-0.2, -0.15) is 0 Å². The number of aromatic nitrogens is 3. The maximum Gasteiger partial charge on any atom is 0.235 e. The van der Waals surface area contributed by atoms with E-state index in [1.54, 1.807) is 0 Å². The summed E-state index contributed by atoms with van der Waals surface area (Å²) in [7, 11) is 0. The maximum atomic E-state index is 5.36. The van der Waals surface area contributed by atoms with Gasteiger partial charge in [-0.25, -0.2) is 9.97 Å². The van der Waals surface area contributed by atoms with E-state index in [4.69, 9.17) is 9.97 Å². The van der Waals surface area contributed by atoms with Crippen LogP contribution >= 0.6 is 0 Å². The van der Waals surface area contributed by atoms with Crippen LogP contribution in [0, 0.1) is 0 Å². The monoisotopic (exact) mass is 545 g/mol. The van der Waals surface area contributed by atoms with Crippen molar-refractivity contribution in [3.05, 3.63) is 140 Å². The second-order valence-corrected chi connectivity index (χ2v) is 11.4. The lowest BCUT2D eigenvalue weighted by atomic mass is 9.93. The molecule has 0 N–H and O–H groups in total. The van der Waals surface area contributed by atoms with Gasteiger partial charge in [0.25, 0.3) is 0 Å². The van der Waals surface area contributed by atoms with Gasteiger partial charge in [0, 0.05) is 21.7 Å². The molecule has 0 saturated carbocycles. The molecule has 0 bridgehead atoms. The summed E-state index contributed by atoms with van der Waals surface area (Å²) in [5, 5.41) is 8.54. The molecule has 1 aliphatic carbocycles. The van der Waals surface area contributed by atoms with Crippen LogP contribution in [0.5, 0.6) is 0 Å². The highest BCUT2D eigenvalue weighted by molar-refractivity contribution is 6.27. The van der Waals surface area contributed by atoms with Gasteiger partial charge in [-0.1, -0.05) is 115 Å². The summed E-state index contributed by atoms with van der Waals surface area (Å²) in [5.74, 6) is 0.684. The van der Waals surface area contributed by atoms with E-state index >= 15 is 0 Å². The topological polar surface area (TPSA) is 30.7 Å². The Kier molecular flexibility index (Phi) is 4.45. The average Bonchev–Trinajstić information content (AvgIpc) is 3.35. The van der Waals surface area contributed by atoms with Gasteiger partial charge in [-0.3, -0.25) is 4.57 Å². The molecule has 2 aromatic heterocycles. The number of rotatable bonds is 2. The predicted octanol–water partition coefficient (Wildman–Crippen LogP) is 10.3. The zero-order chi connectivity index (χ0) is 28.1. The molecule has 2 heterocycles. The van der Waals surface area contributed by atoms with Crippen LogP contribution in [-0.2, 0) is 0 Å². The molecular weight excluding hydrogens is 522 g/mol. The van der Waals surface area contributed by atoms with Crippen molar-refractivity contribution in [2.24, 2.45) is 0 Å². The first kappa shape index (κ1) is 22.8. The number of hydrogen-bond acceptors (Lipinski definition) is 2. The minimum atomic E-state index is 0.684. The molecule has 0 saturated heterocycles. The quantitative estimate of drug-likeness (QED) is 0.216. The molecule has 1 aliphatic rings. The normalized spacial score (nSPS) is 12.2. The van der Waals surface area contributed by atoms with Crippen molar-refractivity contribution < 1.29 is 0 Å². The van der Waals surface area contributed by atoms with Crippen LogP contribution < -0.4 is 0 Å². The van der Waals surface area contributed by atoms with E-state index in [0.29, 0.717) is 5.95 Å². The first-order valence-electron chi connectivity index (χ1n) is 14.7. The molecule has 0 fully saturated rings. The Morgan fingerprint density at radius 2 is 1.00 bits per heavy atom. The molecular formula is C40H23N3. The second kappa shape index (κ2) is 8.37. The third-order valence-corrected chi connectivity index (χ3v) is 9.12. The SMILES string of the molecule is c1ccc2cc(-c3nc(-n4c5cccc6c5c5c(cccc54)-c4cccc5cccc-6c45)nc4ccccc34)ccc2c1. The summed E-state index contributed by atoms with van der Waals surface area (Å²) in [4.78, 5) is 10.6. The average molecular weight is 546 g/mol. The van der Waals surface area contributed by atoms with E-state index in [-0.39, 0.29) is 0 Å². The van der Waals surface area contributed by atoms with Gasteiger partial charge in [-0.05, 0) is 68.1 Å². The van der Waals surface area contributed by atoms with Crippen LogP contribution in [0.1, 0.15) is 0 Å². The third kappa shape index (κ3) is 3.08. The van der Waals surface area contributed by atoms with E-state index in [0.717, 1.165) is 33.2 Å². The Labute approximate surface area is 247 Å². The maximum absolute atomic E-state index is 5.36. The molecule has 0 atom stereocenters. The molecule has 0 radical (unpaired) electrons. The van der Waals surface area contributed by atoms with Gasteiger partial charge in [-0.15, -0.1) is 0 Å². The lowest BCUT2D eigenvalue weighted by Gasteiger charge is -2.14. The van der Waals surface area contributed by atoms with Crippen molar-refractivity contribution in [2.45, 2.75) is 0 Å². The lowest BCUT2D eigenvalue weighted by molar-refractivity contribution is 1.01. The van der Waals surface area contributed by atoms with Crippen LogP contribution in [0.15, 0.2) is 140 Å². The van der Waals surface area contributed by atoms with Crippen molar-refractivity contribution >= 4 is 54.3 Å². The molecule has 0 unspecified atom stereocenters. The Morgan fingerprint density at radius 1 is 0.419 bits per heavy atom. The Morgan fingerprint density at radius 3 is 1.72 bits per heavy atom. The number of para-hydroxylation sites is 1. The fraction of sp³-hybridized carbons (Fsp3) is 0. The molecule has 0 aliphatic heterocycles. The van der Waals surface area contributed by atoms with E-state index < -0.39 is 0 Å². The molecule has 198 valence electrons. The van der Waals surface area contributed by atoms with Crippen LogP contribution in [0.3, 0.4) is 0 Å². The summed E-state index contributed by atoms with van der Waals surface area (Å²) in [6.45, 7) is 0. The minimum Gasteiger partial charge on any atom is -0.278 e. The highest BCUT2D eigenvalue weighted by Crippen LogP contribution is 2.49. The van der Waals surface area contributed by atoms with Crippen LogP contribution in [0.4, 0.5) is 0 Å².